The molecule has 1 fully saturated rings. The third-order valence-corrected chi connectivity index (χ3v) is 4.53. The fourth-order valence-corrected chi connectivity index (χ4v) is 3.20. The minimum Gasteiger partial charge on any atom is -0.299 e. The molecule has 0 heterocycles. The summed E-state index contributed by atoms with van der Waals surface area (Å²) in [6, 6.07) is 4.85. The lowest BCUT2D eigenvalue weighted by atomic mass is 9.86. The molecule has 1 aliphatic rings. The van der Waals surface area contributed by atoms with Gasteiger partial charge < -0.3 is 0 Å². The van der Waals surface area contributed by atoms with Crippen LogP contribution in [0.5, 0.6) is 0 Å². The number of carbonyl (C=O) groups is 1. The van der Waals surface area contributed by atoms with Gasteiger partial charge in [0.15, 0.2) is 0 Å². The SMILES string of the molecule is O=C(Cc1ccc(F)c(Br)c1)C1CCCCCCC1. The number of ketones is 1. The van der Waals surface area contributed by atoms with Crippen molar-refractivity contribution in [3.63, 3.8) is 0 Å². The molecule has 1 saturated carbocycles. The molecule has 0 spiro atoms. The van der Waals surface area contributed by atoms with Gasteiger partial charge in [0.1, 0.15) is 11.6 Å². The predicted octanol–water partition coefficient (Wildman–Crippen LogP) is 5.06. The van der Waals surface area contributed by atoms with Gasteiger partial charge >= 0.3 is 0 Å². The van der Waals surface area contributed by atoms with Gasteiger partial charge in [0, 0.05) is 12.3 Å². The van der Waals surface area contributed by atoms with Crippen molar-refractivity contribution in [3.05, 3.63) is 34.1 Å². The summed E-state index contributed by atoms with van der Waals surface area (Å²) in [7, 11) is 0. The van der Waals surface area contributed by atoms with Gasteiger partial charge in [-0.3, -0.25) is 4.79 Å². The van der Waals surface area contributed by atoms with E-state index in [9.17, 15) is 9.18 Å². The number of hydrogen-bond donors (Lipinski definition) is 0. The second-order valence-corrected chi connectivity index (χ2v) is 6.29. The highest BCUT2D eigenvalue weighted by Crippen LogP contribution is 2.25. The Morgan fingerprint density at radius 2 is 1.79 bits per heavy atom. The Hall–Kier alpha value is -0.700. The van der Waals surface area contributed by atoms with E-state index in [4.69, 9.17) is 0 Å². The molecule has 0 atom stereocenters. The minimum atomic E-state index is -0.276. The number of rotatable bonds is 3. The Bertz CT molecular complexity index is 436. The first kappa shape index (κ1) is 14.7. The van der Waals surface area contributed by atoms with Gasteiger partial charge in [-0.2, -0.15) is 0 Å². The highest BCUT2D eigenvalue weighted by molar-refractivity contribution is 9.10. The van der Waals surface area contributed by atoms with Crippen molar-refractivity contribution in [2.24, 2.45) is 5.92 Å². The number of hydrogen-bond acceptors (Lipinski definition) is 1. The molecule has 104 valence electrons. The lowest BCUT2D eigenvalue weighted by Gasteiger charge is -2.18. The van der Waals surface area contributed by atoms with E-state index in [2.05, 4.69) is 15.9 Å². The topological polar surface area (TPSA) is 17.1 Å². The van der Waals surface area contributed by atoms with E-state index in [-0.39, 0.29) is 11.7 Å². The summed E-state index contributed by atoms with van der Waals surface area (Å²) in [4.78, 5) is 12.3. The van der Waals surface area contributed by atoms with Crippen LogP contribution in [0.4, 0.5) is 4.39 Å². The fraction of sp³-hybridized carbons (Fsp3) is 0.562. The van der Waals surface area contributed by atoms with E-state index in [0.29, 0.717) is 16.7 Å². The second kappa shape index (κ2) is 7.18. The van der Waals surface area contributed by atoms with Crippen molar-refractivity contribution in [1.29, 1.82) is 0 Å². The smallest absolute Gasteiger partial charge is 0.140 e. The summed E-state index contributed by atoms with van der Waals surface area (Å²) >= 11 is 3.17. The molecular formula is C16H20BrFO. The summed E-state index contributed by atoms with van der Waals surface area (Å²) < 4.78 is 13.6. The van der Waals surface area contributed by atoms with Crippen molar-refractivity contribution in [2.75, 3.05) is 0 Å². The number of Topliss-reactive ketones (excluding diaryl/α,β-unsaturated/α-hetero) is 1. The monoisotopic (exact) mass is 326 g/mol. The van der Waals surface area contributed by atoms with Gasteiger partial charge in [0.2, 0.25) is 0 Å². The molecule has 0 N–H and O–H groups in total. The van der Waals surface area contributed by atoms with Crippen LogP contribution in [0.1, 0.15) is 50.5 Å². The first-order valence-corrected chi connectivity index (χ1v) is 7.93. The molecule has 1 aliphatic carbocycles. The maximum absolute atomic E-state index is 13.2. The Morgan fingerprint density at radius 1 is 1.16 bits per heavy atom. The lowest BCUT2D eigenvalue weighted by molar-refractivity contribution is -0.122. The van der Waals surface area contributed by atoms with Crippen molar-refractivity contribution >= 4 is 21.7 Å². The molecular weight excluding hydrogens is 307 g/mol. The number of carbonyl (C=O) groups excluding carboxylic acids is 1. The van der Waals surface area contributed by atoms with Gasteiger partial charge in [-0.1, -0.05) is 38.2 Å². The molecule has 3 heteroatoms. The molecule has 1 aromatic rings. The average Bonchev–Trinajstić information content (AvgIpc) is 2.33. The predicted molar refractivity (Wildman–Crippen MR) is 78.6 cm³/mol. The minimum absolute atomic E-state index is 0.212. The van der Waals surface area contributed by atoms with E-state index in [1.807, 2.05) is 0 Å². The van der Waals surface area contributed by atoms with E-state index < -0.39 is 0 Å². The quantitative estimate of drug-likeness (QED) is 0.758. The summed E-state index contributed by atoms with van der Waals surface area (Å²) in [6.45, 7) is 0. The highest BCUT2D eigenvalue weighted by atomic mass is 79.9. The van der Waals surface area contributed by atoms with Crippen molar-refractivity contribution in [2.45, 2.75) is 51.4 Å². The normalized spacial score (nSPS) is 17.8. The van der Waals surface area contributed by atoms with Crippen LogP contribution in [0.25, 0.3) is 0 Å². The van der Waals surface area contributed by atoms with Crippen LogP contribution in [0.3, 0.4) is 0 Å². The third-order valence-electron chi connectivity index (χ3n) is 3.92. The van der Waals surface area contributed by atoms with Crippen LogP contribution in [0.15, 0.2) is 22.7 Å². The summed E-state index contributed by atoms with van der Waals surface area (Å²) in [5.41, 5.74) is 0.903. The van der Waals surface area contributed by atoms with Gasteiger partial charge in [-0.25, -0.2) is 4.39 Å². The Morgan fingerprint density at radius 3 is 2.42 bits per heavy atom. The number of benzene rings is 1. The summed E-state index contributed by atoms with van der Waals surface area (Å²) in [5, 5.41) is 0. The maximum atomic E-state index is 13.2. The van der Waals surface area contributed by atoms with E-state index >= 15 is 0 Å². The molecule has 2 rings (SSSR count). The van der Waals surface area contributed by atoms with Crippen LogP contribution < -0.4 is 0 Å². The van der Waals surface area contributed by atoms with E-state index in [0.717, 1.165) is 18.4 Å². The van der Waals surface area contributed by atoms with Crippen molar-refractivity contribution < 1.29 is 9.18 Å². The lowest BCUT2D eigenvalue weighted by Crippen LogP contribution is -2.18. The summed E-state index contributed by atoms with van der Waals surface area (Å²) in [5.74, 6) is 0.256. The van der Waals surface area contributed by atoms with Crippen LogP contribution in [-0.4, -0.2) is 5.78 Å². The van der Waals surface area contributed by atoms with E-state index in [1.54, 1.807) is 12.1 Å². The molecule has 0 saturated heterocycles. The Kier molecular flexibility index (Phi) is 5.56. The zero-order chi connectivity index (χ0) is 13.7. The van der Waals surface area contributed by atoms with Gasteiger partial charge in [0.25, 0.3) is 0 Å². The van der Waals surface area contributed by atoms with E-state index in [1.165, 1.54) is 38.2 Å². The van der Waals surface area contributed by atoms with Crippen molar-refractivity contribution in [1.82, 2.24) is 0 Å². The standard InChI is InChI=1S/C16H20BrFO/c17-14-10-12(8-9-15(14)18)11-16(19)13-6-4-2-1-3-5-7-13/h8-10,13H,1-7,11H2. The largest absolute Gasteiger partial charge is 0.299 e. The molecule has 0 bridgehead atoms. The second-order valence-electron chi connectivity index (χ2n) is 5.43. The first-order valence-electron chi connectivity index (χ1n) is 7.13. The molecule has 1 aromatic carbocycles. The average molecular weight is 327 g/mol. The third kappa shape index (κ3) is 4.41. The molecule has 0 unspecified atom stereocenters. The summed E-state index contributed by atoms with van der Waals surface area (Å²) in [6.07, 6.45) is 8.66. The zero-order valence-corrected chi connectivity index (χ0v) is 12.7. The molecule has 0 aliphatic heterocycles. The Balaban J connectivity index is 1.96. The maximum Gasteiger partial charge on any atom is 0.140 e. The van der Waals surface area contributed by atoms with Gasteiger partial charge in [0.05, 0.1) is 4.47 Å². The first-order chi connectivity index (χ1) is 9.16. The van der Waals surface area contributed by atoms with Gasteiger partial charge in [-0.05, 0) is 46.5 Å². The zero-order valence-electron chi connectivity index (χ0n) is 11.1. The van der Waals surface area contributed by atoms with Crippen LogP contribution >= 0.6 is 15.9 Å². The molecule has 0 aromatic heterocycles. The number of halogens is 2. The molecule has 1 nitrogen and oxygen atoms in total. The van der Waals surface area contributed by atoms with Crippen LogP contribution in [-0.2, 0) is 11.2 Å². The molecule has 19 heavy (non-hydrogen) atoms. The van der Waals surface area contributed by atoms with Gasteiger partial charge in [-0.15, -0.1) is 0 Å². The highest BCUT2D eigenvalue weighted by Gasteiger charge is 2.19. The van der Waals surface area contributed by atoms with Crippen LogP contribution in [0, 0.1) is 11.7 Å². The van der Waals surface area contributed by atoms with Crippen molar-refractivity contribution in [3.8, 4) is 0 Å². The fourth-order valence-electron chi connectivity index (χ4n) is 2.77. The van der Waals surface area contributed by atoms with Crippen LogP contribution in [0.2, 0.25) is 0 Å². The molecule has 0 radical (unpaired) electrons. The Labute approximate surface area is 122 Å². The molecule has 0 amide bonds.